The van der Waals surface area contributed by atoms with Gasteiger partial charge < -0.3 is 0 Å². The Balaban J connectivity index is 0.000000527. The summed E-state index contributed by atoms with van der Waals surface area (Å²) in [5.74, 6) is 0.929. The zero-order valence-electron chi connectivity index (χ0n) is 18.3. The summed E-state index contributed by atoms with van der Waals surface area (Å²) in [5.41, 5.74) is 4.35. The summed E-state index contributed by atoms with van der Waals surface area (Å²) in [4.78, 5) is 7.32. The van der Waals surface area contributed by atoms with Crippen molar-refractivity contribution in [3.05, 3.63) is 121 Å². The van der Waals surface area contributed by atoms with Gasteiger partial charge in [-0.1, -0.05) is 72.8 Å². The standard InChI is InChI=1S/C26H20N3S.ClHO4/c1-5-13-21(14-6-1)25-27-26(30-29(25)24-19-11-4-12-20-24)28(22-15-7-2-8-16-22)23-17-9-3-10-18-23;2-1(3,4)5/h1-20H;(H,2,3,4,5)/q+1;/p-1. The molecule has 5 rings (SSSR count). The molecule has 0 aliphatic carbocycles. The Bertz CT molecular complexity index is 1230. The van der Waals surface area contributed by atoms with Crippen LogP contribution in [0.1, 0.15) is 0 Å². The number of benzene rings is 4. The van der Waals surface area contributed by atoms with Crippen molar-refractivity contribution in [2.24, 2.45) is 0 Å². The number of halogens is 1. The highest BCUT2D eigenvalue weighted by Gasteiger charge is 2.29. The molecule has 7 nitrogen and oxygen atoms in total. The van der Waals surface area contributed by atoms with Crippen LogP contribution in [-0.2, 0) is 0 Å². The topological polar surface area (TPSA) is 112 Å². The molecule has 0 spiro atoms. The summed E-state index contributed by atoms with van der Waals surface area (Å²) in [6.45, 7) is 0. The summed E-state index contributed by atoms with van der Waals surface area (Å²) >= 11 is 1.64. The van der Waals surface area contributed by atoms with Crippen LogP contribution in [0.3, 0.4) is 0 Å². The molecule has 0 atom stereocenters. The Morgan fingerprint density at radius 3 is 1.46 bits per heavy atom. The molecule has 0 unspecified atom stereocenters. The number of aromatic nitrogens is 2. The SMILES string of the molecule is [O-][Cl+3]([O-])([O-])[O-].c1ccc(-c2nc(N(c3ccccc3)c3ccccc3)s[n+]2-c2ccccc2)cc1. The van der Waals surface area contributed by atoms with E-state index in [-0.39, 0.29) is 0 Å². The maximum Gasteiger partial charge on any atom is 0.350 e. The van der Waals surface area contributed by atoms with E-state index in [4.69, 9.17) is 23.6 Å². The molecule has 0 bridgehead atoms. The van der Waals surface area contributed by atoms with Crippen LogP contribution in [0.25, 0.3) is 17.1 Å². The number of hydrogen-bond acceptors (Lipinski definition) is 7. The van der Waals surface area contributed by atoms with Gasteiger partial charge in [0.25, 0.3) is 0 Å². The van der Waals surface area contributed by atoms with E-state index in [1.807, 2.05) is 24.3 Å². The van der Waals surface area contributed by atoms with Crippen molar-refractivity contribution in [1.29, 1.82) is 0 Å². The first-order valence-corrected chi connectivity index (χ1v) is 12.5. The van der Waals surface area contributed by atoms with Gasteiger partial charge in [0.15, 0.2) is 0 Å². The van der Waals surface area contributed by atoms with E-state index in [0.29, 0.717) is 0 Å². The summed E-state index contributed by atoms with van der Waals surface area (Å²) in [5, 5.41) is 0.912. The molecule has 0 N–H and O–H groups in total. The van der Waals surface area contributed by atoms with E-state index in [1.165, 1.54) is 0 Å². The van der Waals surface area contributed by atoms with Gasteiger partial charge in [0.2, 0.25) is 0 Å². The number of rotatable bonds is 5. The van der Waals surface area contributed by atoms with E-state index in [9.17, 15) is 0 Å². The Morgan fingerprint density at radius 2 is 1.00 bits per heavy atom. The van der Waals surface area contributed by atoms with Gasteiger partial charge in [-0.15, -0.1) is 14.2 Å². The molecule has 0 saturated carbocycles. The fraction of sp³-hybridized carbons (Fsp3) is 0. The van der Waals surface area contributed by atoms with Crippen LogP contribution in [0.4, 0.5) is 16.5 Å². The van der Waals surface area contributed by atoms with Crippen LogP contribution < -0.4 is 27.5 Å². The van der Waals surface area contributed by atoms with Crippen LogP contribution >= 0.6 is 11.5 Å². The lowest BCUT2D eigenvalue weighted by Gasteiger charge is -2.18. The first kappa shape index (κ1) is 24.5. The minimum absolute atomic E-state index is 0.912. The molecule has 5 aromatic rings. The van der Waals surface area contributed by atoms with Crippen LogP contribution in [0, 0.1) is 10.2 Å². The molecule has 9 heteroatoms. The highest BCUT2D eigenvalue weighted by molar-refractivity contribution is 7.06. The number of nitrogens with zero attached hydrogens (tertiary/aromatic N) is 3. The molecule has 0 amide bonds. The van der Waals surface area contributed by atoms with Crippen molar-refractivity contribution in [1.82, 2.24) is 4.98 Å². The quantitative estimate of drug-likeness (QED) is 0.337. The third-order valence-corrected chi connectivity index (χ3v) is 5.81. The molecular formula is C26H20ClN3O4S. The summed E-state index contributed by atoms with van der Waals surface area (Å²) in [7, 11) is -4.94. The van der Waals surface area contributed by atoms with E-state index < -0.39 is 10.2 Å². The maximum absolute atomic E-state index is 8.49. The lowest BCUT2D eigenvalue weighted by atomic mass is 10.2. The normalized spacial score (nSPS) is 10.9. The molecule has 0 radical (unpaired) electrons. The molecule has 35 heavy (non-hydrogen) atoms. The average Bonchev–Trinajstić information content (AvgIpc) is 3.31. The minimum Gasteiger partial charge on any atom is -0.263 e. The van der Waals surface area contributed by atoms with Crippen molar-refractivity contribution in [3.8, 4) is 17.1 Å². The second-order valence-corrected chi connectivity index (χ2v) is 8.86. The van der Waals surface area contributed by atoms with Gasteiger partial charge in [-0.2, -0.15) is 0 Å². The second-order valence-electron chi connectivity index (χ2n) is 7.19. The lowest BCUT2D eigenvalue weighted by molar-refractivity contribution is -2.00. The number of anilines is 3. The Hall–Kier alpha value is -3.63. The monoisotopic (exact) mass is 505 g/mol. The van der Waals surface area contributed by atoms with E-state index in [0.717, 1.165) is 33.6 Å². The van der Waals surface area contributed by atoms with E-state index in [2.05, 4.69) is 106 Å². The highest BCUT2D eigenvalue weighted by atomic mass is 35.7. The zero-order valence-corrected chi connectivity index (χ0v) is 19.9. The van der Waals surface area contributed by atoms with Gasteiger partial charge in [0.1, 0.15) is 17.2 Å². The molecule has 0 saturated heterocycles. The first-order chi connectivity index (χ1) is 16.9. The molecule has 0 aliphatic rings. The fourth-order valence-corrected chi connectivity index (χ4v) is 4.45. The third kappa shape index (κ3) is 6.71. The summed E-state index contributed by atoms with van der Waals surface area (Å²) in [6.07, 6.45) is 0. The average molecular weight is 506 g/mol. The predicted octanol–water partition coefficient (Wildman–Crippen LogP) is 1.80. The molecular weight excluding hydrogens is 486 g/mol. The van der Waals surface area contributed by atoms with Crippen molar-refractivity contribution in [3.63, 3.8) is 0 Å². The van der Waals surface area contributed by atoms with Crippen LogP contribution in [-0.4, -0.2) is 4.98 Å². The summed E-state index contributed by atoms with van der Waals surface area (Å²) in [6, 6.07) is 41.5. The van der Waals surface area contributed by atoms with Gasteiger partial charge >= 0.3 is 11.0 Å². The zero-order chi connectivity index (χ0) is 24.7. The molecule has 1 heterocycles. The first-order valence-electron chi connectivity index (χ1n) is 10.5. The Morgan fingerprint density at radius 1 is 0.600 bits per heavy atom. The van der Waals surface area contributed by atoms with Gasteiger partial charge in [-0.3, -0.25) is 4.90 Å². The second kappa shape index (κ2) is 11.2. The largest absolute Gasteiger partial charge is 0.350 e. The van der Waals surface area contributed by atoms with Gasteiger partial charge in [-0.05, 0) is 53.5 Å². The Labute approximate surface area is 208 Å². The lowest BCUT2D eigenvalue weighted by Crippen LogP contribution is -2.68. The minimum atomic E-state index is -4.94. The van der Waals surface area contributed by atoms with Crippen molar-refractivity contribution >= 4 is 28.0 Å². The maximum atomic E-state index is 8.49. The predicted molar refractivity (Wildman–Crippen MR) is 124 cm³/mol. The van der Waals surface area contributed by atoms with Crippen LogP contribution in [0.15, 0.2) is 121 Å². The van der Waals surface area contributed by atoms with Crippen molar-refractivity contribution in [2.45, 2.75) is 0 Å². The molecule has 1 aromatic heterocycles. The molecule has 176 valence electrons. The fourth-order valence-electron chi connectivity index (χ4n) is 3.40. The van der Waals surface area contributed by atoms with Crippen LogP contribution in [0.5, 0.6) is 0 Å². The summed E-state index contributed by atoms with van der Waals surface area (Å²) < 4.78 is 36.2. The van der Waals surface area contributed by atoms with E-state index in [1.54, 1.807) is 11.5 Å². The van der Waals surface area contributed by atoms with Gasteiger partial charge in [0.05, 0.1) is 16.9 Å². The van der Waals surface area contributed by atoms with Crippen LogP contribution in [0.2, 0.25) is 0 Å². The van der Waals surface area contributed by atoms with E-state index >= 15 is 0 Å². The highest BCUT2D eigenvalue weighted by Crippen LogP contribution is 2.36. The molecule has 0 fully saturated rings. The van der Waals surface area contributed by atoms with Gasteiger partial charge in [-0.25, -0.2) is 18.6 Å². The number of hydrogen-bond donors (Lipinski definition) is 0. The molecule has 4 aromatic carbocycles. The number of para-hydroxylation sites is 3. The van der Waals surface area contributed by atoms with Crippen molar-refractivity contribution < 1.29 is 32.8 Å². The molecule has 0 aliphatic heterocycles. The van der Waals surface area contributed by atoms with Crippen molar-refractivity contribution in [2.75, 3.05) is 4.90 Å². The Kier molecular flexibility index (Phi) is 7.84. The smallest absolute Gasteiger partial charge is 0.263 e. The van der Waals surface area contributed by atoms with Gasteiger partial charge in [0, 0.05) is 0 Å². The third-order valence-electron chi connectivity index (χ3n) is 4.81.